The van der Waals surface area contributed by atoms with Crippen molar-refractivity contribution in [2.24, 2.45) is 0 Å². The van der Waals surface area contributed by atoms with Gasteiger partial charge in [-0.1, -0.05) is 51.1 Å². The molecule has 1 aromatic heterocycles. The second kappa shape index (κ2) is 4.76. The Morgan fingerprint density at radius 1 is 1.31 bits per heavy atom. The Balaban J connectivity index is 2.21. The molecule has 1 aromatic carbocycles. The Bertz CT molecular complexity index is 440. The van der Waals surface area contributed by atoms with Crippen molar-refractivity contribution in [3.63, 3.8) is 0 Å². The van der Waals surface area contributed by atoms with Crippen molar-refractivity contribution in [2.75, 3.05) is 0 Å². The summed E-state index contributed by atoms with van der Waals surface area (Å²) >= 11 is 3.71. The van der Waals surface area contributed by atoms with Crippen LogP contribution in [0.1, 0.15) is 33.6 Å². The summed E-state index contributed by atoms with van der Waals surface area (Å²) in [6.07, 6.45) is 2.46. The molecule has 0 atom stereocenters. The predicted octanol–water partition coefficient (Wildman–Crippen LogP) is 4.97. The van der Waals surface area contributed by atoms with Gasteiger partial charge in [-0.3, -0.25) is 0 Å². The molecule has 2 rings (SSSR count). The van der Waals surface area contributed by atoms with E-state index in [1.165, 1.54) is 21.9 Å². The number of nitrogens with zero attached hydrogens (tertiary/aromatic N) is 1. The number of thioether (sulfide) groups is 1. The first-order valence-corrected chi connectivity index (χ1v) is 7.28. The van der Waals surface area contributed by atoms with Crippen molar-refractivity contribution in [1.29, 1.82) is 0 Å². The van der Waals surface area contributed by atoms with Gasteiger partial charge in [-0.25, -0.2) is 4.98 Å². The van der Waals surface area contributed by atoms with Gasteiger partial charge >= 0.3 is 0 Å². The fraction of sp³-hybridized carbons (Fsp3) is 0.462. The molecule has 0 unspecified atom stereocenters. The van der Waals surface area contributed by atoms with Gasteiger partial charge in [-0.05, 0) is 18.6 Å². The molecule has 1 nitrogen and oxygen atoms in total. The van der Waals surface area contributed by atoms with Crippen LogP contribution in [0.3, 0.4) is 0 Å². The lowest BCUT2D eigenvalue weighted by molar-refractivity contribution is 0.626. The molecule has 16 heavy (non-hydrogen) atoms. The minimum Gasteiger partial charge on any atom is -0.230 e. The smallest absolute Gasteiger partial charge is 0.151 e. The Labute approximate surface area is 105 Å². The van der Waals surface area contributed by atoms with Crippen LogP contribution in [0, 0.1) is 0 Å². The molecule has 3 heteroatoms. The lowest BCUT2D eigenvalue weighted by Gasteiger charge is -2.21. The third-order valence-corrected chi connectivity index (χ3v) is 4.84. The maximum atomic E-state index is 4.66. The van der Waals surface area contributed by atoms with Gasteiger partial charge in [-0.15, -0.1) is 11.3 Å². The molecule has 0 radical (unpaired) electrons. The van der Waals surface area contributed by atoms with Crippen LogP contribution in [0.2, 0.25) is 0 Å². The maximum absolute atomic E-state index is 4.66. The highest BCUT2D eigenvalue weighted by atomic mass is 32.2. The van der Waals surface area contributed by atoms with Crippen LogP contribution in [0.5, 0.6) is 0 Å². The van der Waals surface area contributed by atoms with Gasteiger partial charge < -0.3 is 0 Å². The van der Waals surface area contributed by atoms with Crippen molar-refractivity contribution in [3.8, 4) is 0 Å². The summed E-state index contributed by atoms with van der Waals surface area (Å²) in [5, 5.41) is 0. The van der Waals surface area contributed by atoms with E-state index in [9.17, 15) is 0 Å². The second-order valence-corrected chi connectivity index (χ2v) is 7.54. The Kier molecular flexibility index (Phi) is 3.55. The van der Waals surface area contributed by atoms with Gasteiger partial charge in [0.1, 0.15) is 0 Å². The summed E-state index contributed by atoms with van der Waals surface area (Å²) in [5.41, 5.74) is 1.13. The zero-order chi connectivity index (χ0) is 11.6. The van der Waals surface area contributed by atoms with E-state index in [1.807, 2.05) is 17.8 Å². The summed E-state index contributed by atoms with van der Waals surface area (Å²) in [6, 6.07) is 8.35. The van der Waals surface area contributed by atoms with Gasteiger partial charge in [0.15, 0.2) is 4.34 Å². The first-order valence-electron chi connectivity index (χ1n) is 5.65. The number of benzene rings is 1. The molecule has 1 heterocycles. The first-order chi connectivity index (χ1) is 7.61. The van der Waals surface area contributed by atoms with Crippen molar-refractivity contribution < 1.29 is 0 Å². The standard InChI is InChI=1S/C13H17NS2/c1-4-9-13(2,3)16-12-14-10-7-5-6-8-11(10)15-12/h5-8H,4,9H2,1-3H3. The zero-order valence-electron chi connectivity index (χ0n) is 9.99. The molecular weight excluding hydrogens is 234 g/mol. The molecule has 0 spiro atoms. The SMILES string of the molecule is CCCC(C)(C)Sc1nc2ccccc2s1. The third-order valence-electron chi connectivity index (χ3n) is 2.49. The number of rotatable bonds is 4. The van der Waals surface area contributed by atoms with E-state index < -0.39 is 0 Å². The molecule has 0 N–H and O–H groups in total. The highest BCUT2D eigenvalue weighted by molar-refractivity contribution is 8.02. The largest absolute Gasteiger partial charge is 0.230 e. The molecule has 0 fully saturated rings. The quantitative estimate of drug-likeness (QED) is 0.712. The fourth-order valence-corrected chi connectivity index (χ4v) is 4.52. The molecule has 0 aliphatic rings. The van der Waals surface area contributed by atoms with E-state index in [2.05, 4.69) is 44.0 Å². The average Bonchev–Trinajstić information content (AvgIpc) is 2.58. The number of fused-ring (bicyclic) bond motifs is 1. The van der Waals surface area contributed by atoms with Crippen LogP contribution in [-0.4, -0.2) is 9.73 Å². The average molecular weight is 251 g/mol. The van der Waals surface area contributed by atoms with E-state index >= 15 is 0 Å². The van der Waals surface area contributed by atoms with Crippen molar-refractivity contribution in [3.05, 3.63) is 24.3 Å². The van der Waals surface area contributed by atoms with E-state index in [-0.39, 0.29) is 0 Å². The highest BCUT2D eigenvalue weighted by Crippen LogP contribution is 2.39. The highest BCUT2D eigenvalue weighted by Gasteiger charge is 2.20. The van der Waals surface area contributed by atoms with Crippen LogP contribution in [0.15, 0.2) is 28.6 Å². The Morgan fingerprint density at radius 2 is 2.06 bits per heavy atom. The summed E-state index contributed by atoms with van der Waals surface area (Å²) < 4.78 is 2.78. The van der Waals surface area contributed by atoms with E-state index in [0.717, 1.165) is 5.52 Å². The van der Waals surface area contributed by atoms with Crippen LogP contribution >= 0.6 is 23.1 Å². The van der Waals surface area contributed by atoms with Gasteiger partial charge in [0, 0.05) is 4.75 Å². The van der Waals surface area contributed by atoms with Crippen molar-refractivity contribution in [2.45, 2.75) is 42.7 Å². The maximum Gasteiger partial charge on any atom is 0.151 e. The number of thiazole rings is 1. The predicted molar refractivity (Wildman–Crippen MR) is 74.5 cm³/mol. The normalized spacial score (nSPS) is 12.2. The molecular formula is C13H17NS2. The molecule has 2 aromatic rings. The molecule has 0 amide bonds. The van der Waals surface area contributed by atoms with Crippen molar-refractivity contribution >= 4 is 33.3 Å². The molecule has 0 aliphatic carbocycles. The fourth-order valence-electron chi connectivity index (χ4n) is 1.78. The van der Waals surface area contributed by atoms with Crippen molar-refractivity contribution in [1.82, 2.24) is 4.98 Å². The summed E-state index contributed by atoms with van der Waals surface area (Å²) in [6.45, 7) is 6.83. The molecule has 0 saturated carbocycles. The Hall–Kier alpha value is -0.540. The van der Waals surface area contributed by atoms with Gasteiger partial charge in [0.2, 0.25) is 0 Å². The van der Waals surface area contributed by atoms with E-state index in [1.54, 1.807) is 11.3 Å². The first kappa shape index (κ1) is 11.9. The van der Waals surface area contributed by atoms with E-state index in [0.29, 0.717) is 4.75 Å². The van der Waals surface area contributed by atoms with Gasteiger partial charge in [-0.2, -0.15) is 0 Å². The Morgan fingerprint density at radius 3 is 2.75 bits per heavy atom. The lowest BCUT2D eigenvalue weighted by Crippen LogP contribution is -2.13. The van der Waals surface area contributed by atoms with Crippen LogP contribution in [0.25, 0.3) is 10.2 Å². The summed E-state index contributed by atoms with van der Waals surface area (Å²) in [5.74, 6) is 0. The minimum absolute atomic E-state index is 0.294. The monoisotopic (exact) mass is 251 g/mol. The second-order valence-electron chi connectivity index (χ2n) is 4.56. The zero-order valence-corrected chi connectivity index (χ0v) is 11.6. The lowest BCUT2D eigenvalue weighted by atomic mass is 10.1. The topological polar surface area (TPSA) is 12.9 Å². The number of para-hydroxylation sites is 1. The molecule has 0 saturated heterocycles. The molecule has 0 bridgehead atoms. The molecule has 0 aliphatic heterocycles. The number of aromatic nitrogens is 1. The number of hydrogen-bond donors (Lipinski definition) is 0. The number of hydrogen-bond acceptors (Lipinski definition) is 3. The van der Waals surface area contributed by atoms with Crippen LogP contribution in [-0.2, 0) is 0 Å². The van der Waals surface area contributed by atoms with Gasteiger partial charge in [0.05, 0.1) is 10.2 Å². The minimum atomic E-state index is 0.294. The van der Waals surface area contributed by atoms with Crippen LogP contribution in [0.4, 0.5) is 0 Å². The third kappa shape index (κ3) is 2.77. The van der Waals surface area contributed by atoms with Crippen LogP contribution < -0.4 is 0 Å². The summed E-state index contributed by atoms with van der Waals surface area (Å²) in [4.78, 5) is 4.66. The van der Waals surface area contributed by atoms with E-state index in [4.69, 9.17) is 0 Å². The molecule has 86 valence electrons. The summed E-state index contributed by atoms with van der Waals surface area (Å²) in [7, 11) is 0. The van der Waals surface area contributed by atoms with Gasteiger partial charge in [0.25, 0.3) is 0 Å².